The van der Waals surface area contributed by atoms with E-state index in [0.29, 0.717) is 11.2 Å². The van der Waals surface area contributed by atoms with Gasteiger partial charge in [0.2, 0.25) is 0 Å². The normalized spacial score (nSPS) is 36.8. The van der Waals surface area contributed by atoms with Gasteiger partial charge in [-0.25, -0.2) is 0 Å². The van der Waals surface area contributed by atoms with E-state index in [2.05, 4.69) is 30.0 Å². The molecule has 2 heteroatoms. The molecule has 3 heterocycles. The maximum Gasteiger partial charge on any atom is 0.117 e. The third-order valence-corrected chi connectivity index (χ3v) is 4.51. The van der Waals surface area contributed by atoms with E-state index in [1.807, 2.05) is 6.07 Å². The summed E-state index contributed by atoms with van der Waals surface area (Å²) in [5.74, 6) is 1.87. The summed E-state index contributed by atoms with van der Waals surface area (Å²) in [6, 6.07) is 4.09. The molecule has 0 unspecified atom stereocenters. The van der Waals surface area contributed by atoms with E-state index < -0.39 is 0 Å². The molecule has 1 aliphatic carbocycles. The molecule has 3 atom stereocenters. The van der Waals surface area contributed by atoms with Crippen LogP contribution >= 0.6 is 11.8 Å². The number of furan rings is 1. The molecule has 2 bridgehead atoms. The van der Waals surface area contributed by atoms with Crippen molar-refractivity contribution in [1.29, 1.82) is 0 Å². The Balaban J connectivity index is 1.91. The molecule has 1 aromatic rings. The average Bonchev–Trinajstić information content (AvgIpc) is 2.72. The van der Waals surface area contributed by atoms with E-state index in [0.717, 1.165) is 11.0 Å². The van der Waals surface area contributed by atoms with Crippen molar-refractivity contribution >= 4 is 11.8 Å². The van der Waals surface area contributed by atoms with Crippen LogP contribution in [0.3, 0.4) is 0 Å². The molecule has 0 amide bonds. The first-order valence-electron chi connectivity index (χ1n) is 4.81. The molecule has 3 aliphatic rings. The van der Waals surface area contributed by atoms with Crippen LogP contribution < -0.4 is 0 Å². The first-order valence-corrected chi connectivity index (χ1v) is 5.75. The summed E-state index contributed by atoms with van der Waals surface area (Å²) in [6.45, 7) is 0. The lowest BCUT2D eigenvalue weighted by Gasteiger charge is -2.36. The number of thioether (sulfide) groups is 1. The third kappa shape index (κ3) is 1.24. The number of fused-ring (bicyclic) bond motifs is 2. The Kier molecular flexibility index (Phi) is 1.76. The van der Waals surface area contributed by atoms with Crippen LogP contribution in [0.4, 0.5) is 0 Å². The van der Waals surface area contributed by atoms with Gasteiger partial charge in [-0.15, -0.1) is 11.8 Å². The van der Waals surface area contributed by atoms with Crippen molar-refractivity contribution in [2.24, 2.45) is 5.92 Å². The van der Waals surface area contributed by atoms with E-state index in [-0.39, 0.29) is 0 Å². The average molecular weight is 192 g/mol. The number of hydrogen-bond donors (Lipinski definition) is 0. The maximum absolute atomic E-state index is 5.47. The Morgan fingerprint density at radius 1 is 1.31 bits per heavy atom. The third-order valence-electron chi connectivity index (χ3n) is 2.89. The summed E-state index contributed by atoms with van der Waals surface area (Å²) in [7, 11) is 0. The highest BCUT2D eigenvalue weighted by molar-refractivity contribution is 8.00. The summed E-state index contributed by atoms with van der Waals surface area (Å²) in [5, 5.41) is 1.32. The van der Waals surface area contributed by atoms with Crippen molar-refractivity contribution in [2.75, 3.05) is 0 Å². The first-order chi connectivity index (χ1) is 6.43. The van der Waals surface area contributed by atoms with Crippen LogP contribution in [0.1, 0.15) is 23.9 Å². The monoisotopic (exact) mass is 192 g/mol. The Hall–Kier alpha value is -0.630. The van der Waals surface area contributed by atoms with E-state index in [1.165, 1.54) is 12.8 Å². The molecule has 13 heavy (non-hydrogen) atoms. The zero-order valence-corrected chi connectivity index (χ0v) is 8.17. The predicted molar refractivity (Wildman–Crippen MR) is 54.7 cm³/mol. The fourth-order valence-electron chi connectivity index (χ4n) is 2.20. The van der Waals surface area contributed by atoms with E-state index in [4.69, 9.17) is 4.42 Å². The minimum atomic E-state index is 0.582. The standard InChI is InChI=1S/C11H12OS/c1-2-10(12-7-1)11-8-3-5-9(13-11)6-4-8/h1-3,5,7-9,11H,4,6H2/t8-,9+,11+/m0/s1. The summed E-state index contributed by atoms with van der Waals surface area (Å²) in [6.07, 6.45) is 9.20. The lowest BCUT2D eigenvalue weighted by molar-refractivity contribution is 0.431. The largest absolute Gasteiger partial charge is 0.468 e. The molecule has 0 aromatic carbocycles. The summed E-state index contributed by atoms with van der Waals surface area (Å²) in [4.78, 5) is 0. The SMILES string of the molecule is C1=C[C@H]2CC[C@@H]1S[C@H]2c1ccco1. The molecular weight excluding hydrogens is 180 g/mol. The van der Waals surface area contributed by atoms with Gasteiger partial charge < -0.3 is 4.42 Å². The zero-order valence-electron chi connectivity index (χ0n) is 7.35. The molecule has 68 valence electrons. The number of rotatable bonds is 1. The number of hydrogen-bond acceptors (Lipinski definition) is 2. The van der Waals surface area contributed by atoms with Crippen LogP contribution in [-0.4, -0.2) is 5.25 Å². The van der Waals surface area contributed by atoms with E-state index >= 15 is 0 Å². The maximum atomic E-state index is 5.47. The molecule has 1 fully saturated rings. The Morgan fingerprint density at radius 2 is 2.31 bits per heavy atom. The Bertz CT molecular complexity index is 315. The molecule has 2 aliphatic heterocycles. The molecule has 1 aromatic heterocycles. The molecule has 0 N–H and O–H groups in total. The highest BCUT2D eigenvalue weighted by atomic mass is 32.2. The van der Waals surface area contributed by atoms with Gasteiger partial charge in [-0.1, -0.05) is 12.2 Å². The van der Waals surface area contributed by atoms with Crippen LogP contribution in [0.2, 0.25) is 0 Å². The van der Waals surface area contributed by atoms with Gasteiger partial charge in [-0.2, -0.15) is 0 Å². The van der Waals surface area contributed by atoms with Crippen LogP contribution in [0.25, 0.3) is 0 Å². The van der Waals surface area contributed by atoms with Crippen molar-refractivity contribution in [2.45, 2.75) is 23.3 Å². The van der Waals surface area contributed by atoms with Gasteiger partial charge in [0.25, 0.3) is 0 Å². The second kappa shape index (κ2) is 2.95. The molecular formula is C11H12OS. The van der Waals surface area contributed by atoms with Gasteiger partial charge in [0, 0.05) is 5.25 Å². The van der Waals surface area contributed by atoms with Crippen LogP contribution in [-0.2, 0) is 0 Å². The van der Waals surface area contributed by atoms with Gasteiger partial charge in [0.05, 0.1) is 11.5 Å². The van der Waals surface area contributed by atoms with Gasteiger partial charge in [0.15, 0.2) is 0 Å². The summed E-state index contributed by atoms with van der Waals surface area (Å²) >= 11 is 2.06. The molecule has 0 radical (unpaired) electrons. The zero-order chi connectivity index (χ0) is 8.67. The van der Waals surface area contributed by atoms with Gasteiger partial charge in [0.1, 0.15) is 5.76 Å². The first kappa shape index (κ1) is 7.74. The van der Waals surface area contributed by atoms with Crippen molar-refractivity contribution in [3.63, 3.8) is 0 Å². The molecule has 1 nitrogen and oxygen atoms in total. The lowest BCUT2D eigenvalue weighted by atomic mass is 9.90. The van der Waals surface area contributed by atoms with Crippen LogP contribution in [0.5, 0.6) is 0 Å². The molecule has 1 saturated heterocycles. The fraction of sp³-hybridized carbons (Fsp3) is 0.455. The van der Waals surface area contributed by atoms with E-state index in [1.54, 1.807) is 6.26 Å². The summed E-state index contributed by atoms with van der Waals surface area (Å²) in [5.41, 5.74) is 0. The van der Waals surface area contributed by atoms with Crippen LogP contribution in [0.15, 0.2) is 35.0 Å². The predicted octanol–water partition coefficient (Wildman–Crippen LogP) is 3.40. The highest BCUT2D eigenvalue weighted by Crippen LogP contribution is 2.50. The fourth-order valence-corrected chi connectivity index (χ4v) is 3.73. The van der Waals surface area contributed by atoms with Crippen molar-refractivity contribution in [3.05, 3.63) is 36.3 Å². The van der Waals surface area contributed by atoms with Gasteiger partial charge in [-0.3, -0.25) is 0 Å². The minimum Gasteiger partial charge on any atom is -0.468 e. The quantitative estimate of drug-likeness (QED) is 0.633. The van der Waals surface area contributed by atoms with Crippen molar-refractivity contribution in [1.82, 2.24) is 0 Å². The highest BCUT2D eigenvalue weighted by Gasteiger charge is 2.34. The molecule has 0 spiro atoms. The van der Waals surface area contributed by atoms with Gasteiger partial charge >= 0.3 is 0 Å². The van der Waals surface area contributed by atoms with E-state index in [9.17, 15) is 0 Å². The van der Waals surface area contributed by atoms with Crippen molar-refractivity contribution < 1.29 is 4.42 Å². The van der Waals surface area contributed by atoms with Gasteiger partial charge in [-0.05, 0) is 30.9 Å². The molecule has 0 saturated carbocycles. The molecule has 4 rings (SSSR count). The van der Waals surface area contributed by atoms with Crippen LogP contribution in [0, 0.1) is 5.92 Å². The van der Waals surface area contributed by atoms with Crippen molar-refractivity contribution in [3.8, 4) is 0 Å². The lowest BCUT2D eigenvalue weighted by Crippen LogP contribution is -2.23. The Labute approximate surface area is 82.2 Å². The number of allylic oxidation sites excluding steroid dienone is 1. The topological polar surface area (TPSA) is 13.1 Å². The Morgan fingerprint density at radius 3 is 2.85 bits per heavy atom. The second-order valence-electron chi connectivity index (χ2n) is 3.74. The smallest absolute Gasteiger partial charge is 0.117 e. The minimum absolute atomic E-state index is 0.582. The summed E-state index contributed by atoms with van der Waals surface area (Å²) < 4.78 is 5.47. The second-order valence-corrected chi connectivity index (χ2v) is 5.12.